The Morgan fingerprint density at radius 1 is 0.632 bits per heavy atom. The number of hydrogen-bond donors (Lipinski definition) is 17. The highest BCUT2D eigenvalue weighted by Gasteiger charge is 2.37. The Hall–Kier alpha value is -7.24. The molecular formula is C39H63N15O14. The number of H-pyrrole nitrogens is 2. The van der Waals surface area contributed by atoms with Gasteiger partial charge < -0.3 is 89.9 Å². The third-order valence-electron chi connectivity index (χ3n) is 9.80. The van der Waals surface area contributed by atoms with Gasteiger partial charge in [0.25, 0.3) is 0 Å². The lowest BCUT2D eigenvalue weighted by atomic mass is 10.0. The summed E-state index contributed by atoms with van der Waals surface area (Å²) in [5.41, 5.74) is 17.0. The Bertz CT molecular complexity index is 2030. The molecule has 0 fully saturated rings. The summed E-state index contributed by atoms with van der Waals surface area (Å²) < 4.78 is 0. The van der Waals surface area contributed by atoms with Gasteiger partial charge in [0.15, 0.2) is 5.96 Å². The average Bonchev–Trinajstić information content (AvgIpc) is 3.98. The van der Waals surface area contributed by atoms with Crippen LogP contribution < -0.4 is 54.4 Å². The number of nitrogens with two attached hydrogens (primary N) is 3. The summed E-state index contributed by atoms with van der Waals surface area (Å²) >= 11 is 0. The summed E-state index contributed by atoms with van der Waals surface area (Å²) in [4.78, 5) is 135. The van der Waals surface area contributed by atoms with Crippen molar-refractivity contribution in [3.63, 3.8) is 0 Å². The second kappa shape index (κ2) is 28.1. The van der Waals surface area contributed by atoms with Crippen molar-refractivity contribution >= 4 is 59.2 Å². The summed E-state index contributed by atoms with van der Waals surface area (Å²) in [6.07, 6.45) is 0.514. The number of aromatic amines is 2. The van der Waals surface area contributed by atoms with E-state index in [1.165, 1.54) is 25.0 Å². The van der Waals surface area contributed by atoms with Crippen LogP contribution in [-0.4, -0.2) is 178 Å². The van der Waals surface area contributed by atoms with Crippen molar-refractivity contribution in [2.45, 2.75) is 127 Å². The van der Waals surface area contributed by atoms with E-state index in [1.54, 1.807) is 13.8 Å². The Morgan fingerprint density at radius 2 is 1.07 bits per heavy atom. The molecule has 20 N–H and O–H groups in total. The molecular weight excluding hydrogens is 903 g/mol. The summed E-state index contributed by atoms with van der Waals surface area (Å²) in [5, 5.41) is 66.2. The minimum atomic E-state index is -1.91. The topological polar surface area (TPSA) is 487 Å². The molecule has 0 unspecified atom stereocenters. The molecule has 29 nitrogen and oxygen atoms in total. The van der Waals surface area contributed by atoms with E-state index in [2.05, 4.69) is 62.1 Å². The Morgan fingerprint density at radius 3 is 1.54 bits per heavy atom. The standard InChI is InChI=1S/C39H63N15O14/c1-17(2)8-23(34(63)53-30(19(4)57)37(66)54-29(18(3)56)36(65)51-26(38(67)68)10-21-13-44-16-47-21)48-32(61)24(9-20-12-43-15-46-20)49-33(62)25(11-28(58)59)50-35(64)27(14-55)52-31(60)22(40)6-5-7-45-39(41)42/h12-13,15-19,22-27,29-30,55-57H,5-11,14,40H2,1-4H3,(H,43,46)(H,44,47)(H,48,61)(H,49,62)(H,50,64)(H,51,65)(H,52,60)(H,53,63)(H,54,66)(H,58,59)(H,67,68)(H4,41,42,45)/t18-,19-,22+,23+,24+,25+,26+,27+,29+,30+/m1/s1. The number of aliphatic imine (C=N–C) groups is 1. The van der Waals surface area contributed by atoms with Crippen molar-refractivity contribution in [2.75, 3.05) is 13.2 Å². The largest absolute Gasteiger partial charge is 0.481 e. The van der Waals surface area contributed by atoms with Crippen LogP contribution in [0.15, 0.2) is 30.0 Å². The van der Waals surface area contributed by atoms with Gasteiger partial charge in [0.05, 0.1) is 43.9 Å². The zero-order chi connectivity index (χ0) is 51.2. The first-order chi connectivity index (χ1) is 31.9. The number of aliphatic hydroxyl groups is 3. The van der Waals surface area contributed by atoms with Crippen LogP contribution in [0.5, 0.6) is 0 Å². The number of aliphatic hydroxyl groups excluding tert-OH is 3. The fourth-order valence-corrected chi connectivity index (χ4v) is 6.24. The van der Waals surface area contributed by atoms with Gasteiger partial charge in [0, 0.05) is 43.2 Å². The molecule has 0 aliphatic heterocycles. The van der Waals surface area contributed by atoms with Gasteiger partial charge in [-0.1, -0.05) is 13.8 Å². The number of guanidine groups is 1. The molecule has 378 valence electrons. The quantitative estimate of drug-likeness (QED) is 0.0196. The van der Waals surface area contributed by atoms with E-state index in [0.29, 0.717) is 5.69 Å². The highest BCUT2D eigenvalue weighted by molar-refractivity contribution is 5.98. The normalized spacial score (nSPS) is 15.5. The van der Waals surface area contributed by atoms with E-state index in [9.17, 15) is 68.7 Å². The molecule has 2 aromatic rings. The molecule has 0 bridgehead atoms. The number of nitrogens with zero attached hydrogens (tertiary/aromatic N) is 3. The number of aromatic nitrogens is 4. The monoisotopic (exact) mass is 965 g/mol. The van der Waals surface area contributed by atoms with E-state index >= 15 is 0 Å². The maximum atomic E-state index is 14.0. The van der Waals surface area contributed by atoms with Crippen molar-refractivity contribution in [1.82, 2.24) is 57.2 Å². The second-order valence-corrected chi connectivity index (χ2v) is 16.1. The lowest BCUT2D eigenvalue weighted by Gasteiger charge is -2.29. The number of rotatable bonds is 30. The Kier molecular flexibility index (Phi) is 23.5. The first-order valence-electron chi connectivity index (χ1n) is 21.2. The van der Waals surface area contributed by atoms with Crippen molar-refractivity contribution < 1.29 is 68.7 Å². The Labute approximate surface area is 389 Å². The van der Waals surface area contributed by atoms with Crippen molar-refractivity contribution in [3.05, 3.63) is 36.4 Å². The maximum Gasteiger partial charge on any atom is 0.326 e. The summed E-state index contributed by atoms with van der Waals surface area (Å²) in [6.45, 7) is 4.76. The molecule has 0 aromatic carbocycles. The number of nitrogens with one attached hydrogen (secondary N) is 9. The SMILES string of the molecule is CC(C)C[C@H](NC(=O)[C@H](Cc1cnc[nH]1)NC(=O)[C@H](CC(=O)O)NC(=O)[C@H](CO)NC(=O)[C@@H](N)CCCN=C(N)N)C(=O)N[C@H](C(=O)N[C@H](C(=O)N[C@@H](Cc1cnc[nH]1)C(=O)O)[C@@H](C)O)[C@@H](C)O. The first-order valence-corrected chi connectivity index (χ1v) is 21.2. The molecule has 7 amide bonds. The van der Waals surface area contributed by atoms with Crippen molar-refractivity contribution in [3.8, 4) is 0 Å². The van der Waals surface area contributed by atoms with Crippen LogP contribution in [0.3, 0.4) is 0 Å². The van der Waals surface area contributed by atoms with Gasteiger partial charge in [-0.05, 0) is 39.0 Å². The molecule has 10 atom stereocenters. The van der Waals surface area contributed by atoms with Gasteiger partial charge >= 0.3 is 11.9 Å². The minimum Gasteiger partial charge on any atom is -0.481 e. The number of carboxylic acids is 2. The molecule has 0 radical (unpaired) electrons. The number of aliphatic carboxylic acids is 2. The van der Waals surface area contributed by atoms with Crippen LogP contribution in [0.4, 0.5) is 0 Å². The summed E-state index contributed by atoms with van der Waals surface area (Å²) in [7, 11) is 0. The molecule has 2 rings (SSSR count). The predicted octanol–water partition coefficient (Wildman–Crippen LogP) is -6.95. The third kappa shape index (κ3) is 19.7. The zero-order valence-electron chi connectivity index (χ0n) is 37.8. The molecule has 0 spiro atoms. The number of amides is 7. The lowest BCUT2D eigenvalue weighted by molar-refractivity contribution is -0.143. The van der Waals surface area contributed by atoms with Crippen LogP contribution >= 0.6 is 0 Å². The highest BCUT2D eigenvalue weighted by atomic mass is 16.4. The van der Waals surface area contributed by atoms with E-state index in [1.807, 2.05) is 0 Å². The Balaban J connectivity index is 2.30. The average molecular weight is 966 g/mol. The zero-order valence-corrected chi connectivity index (χ0v) is 37.8. The number of carbonyl (C=O) groups excluding carboxylic acids is 7. The molecule has 0 saturated heterocycles. The van der Waals surface area contributed by atoms with Crippen LogP contribution in [0.25, 0.3) is 0 Å². The van der Waals surface area contributed by atoms with Gasteiger partial charge in [-0.3, -0.25) is 43.3 Å². The van der Waals surface area contributed by atoms with Crippen LogP contribution in [0.1, 0.15) is 64.8 Å². The highest BCUT2D eigenvalue weighted by Crippen LogP contribution is 2.10. The van der Waals surface area contributed by atoms with Crippen molar-refractivity contribution in [1.29, 1.82) is 0 Å². The van der Waals surface area contributed by atoms with Crippen LogP contribution in [-0.2, 0) is 56.0 Å². The minimum absolute atomic E-state index is 0.0689. The fourth-order valence-electron chi connectivity index (χ4n) is 6.24. The van der Waals surface area contributed by atoms with Crippen LogP contribution in [0.2, 0.25) is 0 Å². The summed E-state index contributed by atoms with van der Waals surface area (Å²) in [6, 6.07) is -13.1. The fraction of sp³-hybridized carbons (Fsp3) is 0.590. The predicted molar refractivity (Wildman–Crippen MR) is 236 cm³/mol. The maximum absolute atomic E-state index is 14.0. The van der Waals surface area contributed by atoms with E-state index in [0.717, 1.165) is 13.8 Å². The smallest absolute Gasteiger partial charge is 0.326 e. The van der Waals surface area contributed by atoms with Gasteiger partial charge in [-0.25, -0.2) is 14.8 Å². The first kappa shape index (κ1) is 56.9. The second-order valence-electron chi connectivity index (χ2n) is 16.1. The van der Waals surface area contributed by atoms with E-state index < -0.39 is 127 Å². The van der Waals surface area contributed by atoms with Gasteiger partial charge in [0.1, 0.15) is 42.3 Å². The summed E-state index contributed by atoms with van der Waals surface area (Å²) in [5.74, 6) is -11.2. The van der Waals surface area contributed by atoms with Gasteiger partial charge in [0.2, 0.25) is 41.4 Å². The third-order valence-corrected chi connectivity index (χ3v) is 9.80. The van der Waals surface area contributed by atoms with E-state index in [-0.39, 0.29) is 56.2 Å². The number of carbonyl (C=O) groups is 9. The molecule has 2 aromatic heterocycles. The lowest BCUT2D eigenvalue weighted by Crippen LogP contribution is -2.63. The molecule has 0 aliphatic carbocycles. The molecule has 29 heteroatoms. The molecule has 68 heavy (non-hydrogen) atoms. The molecule has 0 saturated carbocycles. The molecule has 2 heterocycles. The van der Waals surface area contributed by atoms with Crippen LogP contribution in [0, 0.1) is 5.92 Å². The number of imidazole rings is 2. The van der Waals surface area contributed by atoms with Crippen molar-refractivity contribution in [2.24, 2.45) is 28.1 Å². The number of carboxylic acid groups (broad SMARTS) is 2. The van der Waals surface area contributed by atoms with Gasteiger partial charge in [-0.15, -0.1) is 0 Å². The van der Waals surface area contributed by atoms with E-state index in [4.69, 9.17) is 17.2 Å². The van der Waals surface area contributed by atoms with Gasteiger partial charge in [-0.2, -0.15) is 0 Å². The molecule has 0 aliphatic rings. The number of hydrogen-bond acceptors (Lipinski definition) is 16.